The van der Waals surface area contributed by atoms with Crippen molar-refractivity contribution < 1.29 is 14.9 Å². The first-order chi connectivity index (χ1) is 13.9. The Hall–Kier alpha value is -2.74. The topological polar surface area (TPSA) is 108 Å². The van der Waals surface area contributed by atoms with Gasteiger partial charge in [-0.25, -0.2) is 4.98 Å². The summed E-state index contributed by atoms with van der Waals surface area (Å²) in [5.74, 6) is 1.30. The number of hydrogen-bond acceptors (Lipinski definition) is 6. The zero-order valence-electron chi connectivity index (χ0n) is 15.9. The molecule has 8 heteroatoms. The highest BCUT2D eigenvalue weighted by Gasteiger charge is 2.48. The van der Waals surface area contributed by atoms with Gasteiger partial charge in [-0.3, -0.25) is 0 Å². The van der Waals surface area contributed by atoms with Crippen LogP contribution >= 0.6 is 11.6 Å². The van der Waals surface area contributed by atoms with Crippen LogP contribution in [-0.4, -0.2) is 38.5 Å². The van der Waals surface area contributed by atoms with Crippen molar-refractivity contribution in [3.05, 3.63) is 71.3 Å². The molecule has 1 aliphatic heterocycles. The Balaban J connectivity index is 1.87. The third-order valence-electron chi connectivity index (χ3n) is 5.30. The quantitative estimate of drug-likeness (QED) is 0.478. The van der Waals surface area contributed by atoms with E-state index in [2.05, 4.69) is 9.97 Å². The normalized spacial score (nSPS) is 23.3. The van der Waals surface area contributed by atoms with Crippen LogP contribution in [0.4, 0.5) is 11.4 Å². The highest BCUT2D eigenvalue weighted by molar-refractivity contribution is 6.30. The summed E-state index contributed by atoms with van der Waals surface area (Å²) >= 11 is 6.09. The zero-order chi connectivity index (χ0) is 20.6. The molecule has 4 rings (SSSR count). The van der Waals surface area contributed by atoms with Crippen LogP contribution in [0.1, 0.15) is 24.4 Å². The van der Waals surface area contributed by atoms with E-state index in [1.54, 1.807) is 49.6 Å². The number of hydrogen-bond donors (Lipinski definition) is 4. The lowest BCUT2D eigenvalue weighted by atomic mass is 9.84. The van der Waals surface area contributed by atoms with Gasteiger partial charge in [-0.15, -0.1) is 0 Å². The monoisotopic (exact) mass is 414 g/mol. The molecule has 3 atom stereocenters. The summed E-state index contributed by atoms with van der Waals surface area (Å²) in [4.78, 5) is 9.45. The summed E-state index contributed by atoms with van der Waals surface area (Å²) in [7, 11) is 0. The van der Waals surface area contributed by atoms with E-state index in [-0.39, 0.29) is 6.61 Å². The van der Waals surface area contributed by atoms with Gasteiger partial charge >= 0.3 is 0 Å². The first-order valence-electron chi connectivity index (χ1n) is 9.29. The van der Waals surface area contributed by atoms with Crippen LogP contribution in [0, 0.1) is 0 Å². The van der Waals surface area contributed by atoms with Crippen LogP contribution < -0.4 is 15.4 Å². The van der Waals surface area contributed by atoms with E-state index in [0.717, 1.165) is 17.1 Å². The Bertz CT molecular complexity index is 980. The fourth-order valence-electron chi connectivity index (χ4n) is 3.70. The van der Waals surface area contributed by atoms with E-state index < -0.39 is 17.7 Å². The number of H-pyrrole nitrogens is 1. The number of ether oxygens (including phenoxy) is 1. The minimum Gasteiger partial charge on any atom is -0.482 e. The highest BCUT2D eigenvalue weighted by Crippen LogP contribution is 2.45. The van der Waals surface area contributed by atoms with E-state index in [9.17, 15) is 10.2 Å². The molecule has 0 amide bonds. The van der Waals surface area contributed by atoms with Gasteiger partial charge in [-0.1, -0.05) is 11.6 Å². The number of aliphatic hydroxyl groups is 2. The van der Waals surface area contributed by atoms with Gasteiger partial charge in [-0.2, -0.15) is 0 Å². The van der Waals surface area contributed by atoms with Crippen molar-refractivity contribution in [1.29, 1.82) is 0 Å². The second-order valence-corrected chi connectivity index (χ2v) is 7.84. The molecule has 2 aromatic carbocycles. The first kappa shape index (κ1) is 19.6. The van der Waals surface area contributed by atoms with Crippen LogP contribution in [0.5, 0.6) is 5.75 Å². The first-order valence-corrected chi connectivity index (χ1v) is 9.67. The van der Waals surface area contributed by atoms with Crippen molar-refractivity contribution in [1.82, 2.24) is 9.97 Å². The molecular weight excluding hydrogens is 392 g/mol. The number of aromatic nitrogens is 2. The van der Waals surface area contributed by atoms with Gasteiger partial charge in [0.1, 0.15) is 17.7 Å². The number of nitrogen functional groups attached to an aromatic ring is 1. The van der Waals surface area contributed by atoms with Gasteiger partial charge < -0.3 is 30.6 Å². The maximum Gasteiger partial charge on any atom is 0.157 e. The van der Waals surface area contributed by atoms with Crippen molar-refractivity contribution >= 4 is 23.0 Å². The maximum absolute atomic E-state index is 11.3. The minimum atomic E-state index is -1.18. The van der Waals surface area contributed by atoms with E-state index >= 15 is 0 Å². The van der Waals surface area contributed by atoms with Crippen LogP contribution in [0.3, 0.4) is 0 Å². The van der Waals surface area contributed by atoms with Gasteiger partial charge in [0.25, 0.3) is 0 Å². The van der Waals surface area contributed by atoms with E-state index in [1.807, 2.05) is 17.0 Å². The third kappa shape index (κ3) is 3.64. The molecule has 1 aliphatic rings. The second kappa shape index (κ2) is 7.59. The van der Waals surface area contributed by atoms with Gasteiger partial charge in [0.2, 0.25) is 0 Å². The molecule has 29 heavy (non-hydrogen) atoms. The lowest BCUT2D eigenvalue weighted by Gasteiger charge is -2.47. The Morgan fingerprint density at radius 1 is 1.28 bits per heavy atom. The maximum atomic E-state index is 11.3. The summed E-state index contributed by atoms with van der Waals surface area (Å²) in [6.45, 7) is 1.74. The SMILES string of the molecule is C[C@]1(CO)Oc2ccc(N)cc2[C@H](N(Cc2ncc[nH]2)c2ccc(Cl)cc2)[C@H]1O. The van der Waals surface area contributed by atoms with Crippen molar-refractivity contribution in [2.75, 3.05) is 17.2 Å². The number of imidazole rings is 1. The molecule has 3 aromatic rings. The fraction of sp³-hybridized carbons (Fsp3) is 0.286. The van der Waals surface area contributed by atoms with E-state index in [4.69, 9.17) is 22.1 Å². The van der Waals surface area contributed by atoms with Crippen LogP contribution in [0.2, 0.25) is 5.02 Å². The average Bonchev–Trinajstić information content (AvgIpc) is 3.22. The number of halogens is 1. The molecular formula is C21H23ClN4O3. The predicted molar refractivity (Wildman–Crippen MR) is 112 cm³/mol. The summed E-state index contributed by atoms with van der Waals surface area (Å²) in [5, 5.41) is 21.9. The molecule has 0 radical (unpaired) electrons. The molecule has 5 N–H and O–H groups in total. The predicted octanol–water partition coefficient (Wildman–Crippen LogP) is 2.90. The summed E-state index contributed by atoms with van der Waals surface area (Å²) in [5.41, 5.74) is 7.00. The molecule has 2 heterocycles. The smallest absolute Gasteiger partial charge is 0.157 e. The highest BCUT2D eigenvalue weighted by atomic mass is 35.5. The van der Waals surface area contributed by atoms with Gasteiger partial charge in [-0.05, 0) is 49.4 Å². The Morgan fingerprint density at radius 3 is 2.69 bits per heavy atom. The lowest BCUT2D eigenvalue weighted by molar-refractivity contribution is -0.0978. The Morgan fingerprint density at radius 2 is 2.03 bits per heavy atom. The number of nitrogens with zero attached hydrogens (tertiary/aromatic N) is 2. The third-order valence-corrected chi connectivity index (χ3v) is 5.56. The molecule has 0 unspecified atom stereocenters. The molecule has 0 aliphatic carbocycles. The lowest BCUT2D eigenvalue weighted by Crippen LogP contribution is -2.57. The van der Waals surface area contributed by atoms with Crippen molar-refractivity contribution in [2.45, 2.75) is 31.2 Å². The summed E-state index contributed by atoms with van der Waals surface area (Å²) in [6.07, 6.45) is 2.39. The molecule has 0 bridgehead atoms. The molecule has 0 saturated carbocycles. The van der Waals surface area contributed by atoms with Crippen molar-refractivity contribution in [3.63, 3.8) is 0 Å². The van der Waals surface area contributed by atoms with E-state index in [1.165, 1.54) is 0 Å². The fourth-order valence-corrected chi connectivity index (χ4v) is 3.83. The second-order valence-electron chi connectivity index (χ2n) is 7.40. The molecule has 0 spiro atoms. The van der Waals surface area contributed by atoms with Crippen LogP contribution in [-0.2, 0) is 6.54 Å². The number of fused-ring (bicyclic) bond motifs is 1. The number of anilines is 2. The average molecular weight is 415 g/mol. The Labute approximate surface area is 173 Å². The Kier molecular flexibility index (Phi) is 5.12. The number of nitrogens with one attached hydrogen (secondary N) is 1. The van der Waals surface area contributed by atoms with Crippen molar-refractivity contribution in [3.8, 4) is 5.75 Å². The number of aromatic amines is 1. The van der Waals surface area contributed by atoms with Crippen LogP contribution in [0.25, 0.3) is 0 Å². The standard InChI is InChI=1S/C21H23ClN4O3/c1-21(12-27)20(28)19(16-10-14(23)4-7-17(16)29-21)26(11-18-24-8-9-25-18)15-5-2-13(22)3-6-15/h2-10,19-20,27-28H,11-12,23H2,1H3,(H,24,25)/t19-,20+,21+/m0/s1. The number of aliphatic hydroxyl groups excluding tert-OH is 2. The molecule has 0 fully saturated rings. The zero-order valence-corrected chi connectivity index (χ0v) is 16.7. The number of rotatable bonds is 5. The summed E-state index contributed by atoms with van der Waals surface area (Å²) in [6, 6.07) is 12.1. The molecule has 152 valence electrons. The molecule has 0 saturated heterocycles. The molecule has 7 nitrogen and oxygen atoms in total. The van der Waals surface area contributed by atoms with Crippen LogP contribution in [0.15, 0.2) is 54.9 Å². The van der Waals surface area contributed by atoms with Gasteiger partial charge in [0.05, 0.1) is 19.2 Å². The minimum absolute atomic E-state index is 0.344. The largest absolute Gasteiger partial charge is 0.482 e. The van der Waals surface area contributed by atoms with Gasteiger partial charge in [0.15, 0.2) is 5.60 Å². The molecule has 1 aromatic heterocycles. The number of nitrogens with two attached hydrogens (primary N) is 1. The summed E-state index contributed by atoms with van der Waals surface area (Å²) < 4.78 is 5.98. The number of benzene rings is 2. The van der Waals surface area contributed by atoms with E-state index in [0.29, 0.717) is 23.0 Å². The van der Waals surface area contributed by atoms with Gasteiger partial charge in [0, 0.05) is 34.4 Å². The van der Waals surface area contributed by atoms with Crippen molar-refractivity contribution in [2.24, 2.45) is 0 Å².